The van der Waals surface area contributed by atoms with E-state index in [0.717, 1.165) is 66.2 Å². The molecule has 3 aromatic heterocycles. The van der Waals surface area contributed by atoms with Gasteiger partial charge in [-0.15, -0.1) is 0 Å². The monoisotopic (exact) mass is 626 g/mol. The van der Waals surface area contributed by atoms with Crippen molar-refractivity contribution in [1.29, 1.82) is 0 Å². The van der Waals surface area contributed by atoms with Crippen LogP contribution in [0.3, 0.4) is 0 Å². The SMILES string of the molecule is c1ccc(-c2nc(-c3ccccc3)nc(-c3cc(-c4cc5ccccc5c5ccccc45)cc4oc5cc6ccccc6nc5c34)n2)cc1. The summed E-state index contributed by atoms with van der Waals surface area (Å²) in [6, 6.07) is 54.1. The van der Waals surface area contributed by atoms with Gasteiger partial charge in [0.25, 0.3) is 0 Å². The van der Waals surface area contributed by atoms with Gasteiger partial charge in [-0.1, -0.05) is 127 Å². The highest BCUT2D eigenvalue weighted by Gasteiger charge is 2.22. The molecule has 49 heavy (non-hydrogen) atoms. The Kier molecular flexibility index (Phi) is 6.11. The first-order valence-electron chi connectivity index (χ1n) is 16.3. The Morgan fingerprint density at radius 3 is 1.69 bits per heavy atom. The normalized spacial score (nSPS) is 11.7. The number of pyridine rings is 1. The van der Waals surface area contributed by atoms with E-state index in [-0.39, 0.29) is 0 Å². The van der Waals surface area contributed by atoms with Crippen LogP contribution in [0, 0.1) is 0 Å². The third-order valence-corrected chi connectivity index (χ3v) is 9.27. The number of fused-ring (bicyclic) bond motifs is 7. The van der Waals surface area contributed by atoms with E-state index in [1.54, 1.807) is 0 Å². The summed E-state index contributed by atoms with van der Waals surface area (Å²) in [5, 5.41) is 6.66. The van der Waals surface area contributed by atoms with Gasteiger partial charge < -0.3 is 4.42 Å². The van der Waals surface area contributed by atoms with Crippen LogP contribution in [-0.2, 0) is 0 Å². The maximum absolute atomic E-state index is 6.68. The Labute approximate surface area is 281 Å². The molecule has 0 saturated carbocycles. The minimum absolute atomic E-state index is 0.558. The van der Waals surface area contributed by atoms with Gasteiger partial charge in [0.05, 0.1) is 10.9 Å². The molecule has 0 unspecified atom stereocenters. The maximum Gasteiger partial charge on any atom is 0.164 e. The van der Waals surface area contributed by atoms with Gasteiger partial charge >= 0.3 is 0 Å². The topological polar surface area (TPSA) is 64.7 Å². The lowest BCUT2D eigenvalue weighted by atomic mass is 9.91. The van der Waals surface area contributed by atoms with E-state index in [0.29, 0.717) is 17.5 Å². The minimum atomic E-state index is 0.558. The van der Waals surface area contributed by atoms with Crippen molar-refractivity contribution in [2.45, 2.75) is 0 Å². The minimum Gasteiger partial charge on any atom is -0.454 e. The lowest BCUT2D eigenvalue weighted by Crippen LogP contribution is -2.00. The van der Waals surface area contributed by atoms with E-state index >= 15 is 0 Å². The highest BCUT2D eigenvalue weighted by molar-refractivity contribution is 6.17. The maximum atomic E-state index is 6.68. The summed E-state index contributed by atoms with van der Waals surface area (Å²) >= 11 is 0. The molecular weight excluding hydrogens is 601 g/mol. The Bertz CT molecular complexity index is 2820. The number of furan rings is 1. The van der Waals surface area contributed by atoms with Crippen molar-refractivity contribution in [1.82, 2.24) is 19.9 Å². The van der Waals surface area contributed by atoms with Gasteiger partial charge in [0.1, 0.15) is 11.1 Å². The predicted octanol–water partition coefficient (Wildman–Crippen LogP) is 11.3. The van der Waals surface area contributed by atoms with Gasteiger partial charge in [0.2, 0.25) is 0 Å². The van der Waals surface area contributed by atoms with Crippen LogP contribution >= 0.6 is 0 Å². The summed E-state index contributed by atoms with van der Waals surface area (Å²) in [6.45, 7) is 0. The second-order valence-corrected chi connectivity index (χ2v) is 12.3. The Hall–Kier alpha value is -6.72. The predicted molar refractivity (Wildman–Crippen MR) is 199 cm³/mol. The van der Waals surface area contributed by atoms with Crippen molar-refractivity contribution in [3.63, 3.8) is 0 Å². The van der Waals surface area contributed by atoms with Crippen LogP contribution < -0.4 is 0 Å². The summed E-state index contributed by atoms with van der Waals surface area (Å²) in [7, 11) is 0. The van der Waals surface area contributed by atoms with Crippen LogP contribution in [0.15, 0.2) is 162 Å². The van der Waals surface area contributed by atoms with Crippen molar-refractivity contribution >= 4 is 54.5 Å². The highest BCUT2D eigenvalue weighted by atomic mass is 16.3. The summed E-state index contributed by atoms with van der Waals surface area (Å²) in [5.41, 5.74) is 7.91. The molecule has 0 saturated heterocycles. The number of hydrogen-bond donors (Lipinski definition) is 0. The first-order chi connectivity index (χ1) is 24.3. The fourth-order valence-corrected chi connectivity index (χ4v) is 6.97. The molecule has 0 spiro atoms. The van der Waals surface area contributed by atoms with Crippen LogP contribution in [0.25, 0.3) is 99.8 Å². The number of aromatic nitrogens is 4. The average Bonchev–Trinajstić information content (AvgIpc) is 3.54. The van der Waals surface area contributed by atoms with Crippen LogP contribution in [0.5, 0.6) is 0 Å². The lowest BCUT2D eigenvalue weighted by molar-refractivity contribution is 0.669. The molecule has 10 aromatic rings. The fourth-order valence-electron chi connectivity index (χ4n) is 6.97. The largest absolute Gasteiger partial charge is 0.454 e. The van der Waals surface area contributed by atoms with E-state index in [2.05, 4.69) is 78.9 Å². The van der Waals surface area contributed by atoms with E-state index in [1.807, 2.05) is 78.9 Å². The molecule has 228 valence electrons. The zero-order valence-electron chi connectivity index (χ0n) is 26.2. The van der Waals surface area contributed by atoms with Gasteiger partial charge in [-0.25, -0.2) is 19.9 Å². The quantitative estimate of drug-likeness (QED) is 0.182. The number of benzene rings is 7. The van der Waals surface area contributed by atoms with Crippen molar-refractivity contribution in [2.24, 2.45) is 0 Å². The van der Waals surface area contributed by atoms with E-state index < -0.39 is 0 Å². The third-order valence-electron chi connectivity index (χ3n) is 9.27. The molecule has 5 nitrogen and oxygen atoms in total. The smallest absolute Gasteiger partial charge is 0.164 e. The molecular formula is C44H26N4O. The molecule has 0 aliphatic rings. The third kappa shape index (κ3) is 4.55. The Morgan fingerprint density at radius 2 is 0.959 bits per heavy atom. The van der Waals surface area contributed by atoms with Crippen LogP contribution in [0.4, 0.5) is 0 Å². The van der Waals surface area contributed by atoms with E-state index in [9.17, 15) is 0 Å². The van der Waals surface area contributed by atoms with E-state index in [1.165, 1.54) is 16.2 Å². The first kappa shape index (κ1) is 27.4. The lowest BCUT2D eigenvalue weighted by Gasteiger charge is -2.13. The highest BCUT2D eigenvalue weighted by Crippen LogP contribution is 2.42. The molecule has 0 aliphatic heterocycles. The molecule has 10 rings (SSSR count). The summed E-state index contributed by atoms with van der Waals surface area (Å²) in [5.74, 6) is 1.76. The van der Waals surface area contributed by atoms with Gasteiger partial charge in [-0.3, -0.25) is 0 Å². The molecule has 0 aliphatic carbocycles. The van der Waals surface area contributed by atoms with Crippen LogP contribution in [0.2, 0.25) is 0 Å². The van der Waals surface area contributed by atoms with E-state index in [4.69, 9.17) is 24.4 Å². The molecule has 0 fully saturated rings. The molecule has 0 bridgehead atoms. The molecule has 0 amide bonds. The number of hydrogen-bond acceptors (Lipinski definition) is 5. The molecule has 5 heteroatoms. The summed E-state index contributed by atoms with van der Waals surface area (Å²) in [6.07, 6.45) is 0. The molecule has 0 N–H and O–H groups in total. The second kappa shape index (κ2) is 10.9. The van der Waals surface area contributed by atoms with Gasteiger partial charge in [-0.05, 0) is 63.0 Å². The zero-order valence-corrected chi connectivity index (χ0v) is 26.2. The standard InChI is InChI=1S/C44H26N4O/c1-3-13-27(14-4-1)42-46-43(28-15-5-2-6-16-28)48-44(47-42)36-24-31(35-23-29-17-7-9-19-32(29)33-20-10-11-21-34(33)35)26-38-40(36)41-39(49-38)25-30-18-8-12-22-37(30)45-41/h1-26H. The molecule has 0 atom stereocenters. The second-order valence-electron chi connectivity index (χ2n) is 12.3. The number of rotatable bonds is 4. The van der Waals surface area contributed by atoms with Crippen molar-refractivity contribution in [3.05, 3.63) is 158 Å². The fraction of sp³-hybridized carbons (Fsp3) is 0. The molecule has 7 aromatic carbocycles. The summed E-state index contributed by atoms with van der Waals surface area (Å²) < 4.78 is 6.68. The Morgan fingerprint density at radius 1 is 0.367 bits per heavy atom. The zero-order chi connectivity index (χ0) is 32.3. The molecule has 3 heterocycles. The van der Waals surface area contributed by atoms with Gasteiger partial charge in [-0.2, -0.15) is 0 Å². The number of para-hydroxylation sites is 1. The average molecular weight is 627 g/mol. The first-order valence-corrected chi connectivity index (χ1v) is 16.3. The van der Waals surface area contributed by atoms with Crippen molar-refractivity contribution < 1.29 is 4.42 Å². The van der Waals surface area contributed by atoms with Crippen LogP contribution in [0.1, 0.15) is 0 Å². The van der Waals surface area contributed by atoms with Gasteiger partial charge in [0, 0.05) is 22.1 Å². The summed E-state index contributed by atoms with van der Waals surface area (Å²) in [4.78, 5) is 20.4. The van der Waals surface area contributed by atoms with Crippen molar-refractivity contribution in [2.75, 3.05) is 0 Å². The Balaban J connectivity index is 1.33. The molecule has 0 radical (unpaired) electrons. The van der Waals surface area contributed by atoms with Crippen LogP contribution in [-0.4, -0.2) is 19.9 Å². The van der Waals surface area contributed by atoms with Crippen molar-refractivity contribution in [3.8, 4) is 45.3 Å². The van der Waals surface area contributed by atoms with Gasteiger partial charge in [0.15, 0.2) is 23.1 Å². The number of nitrogens with zero attached hydrogens (tertiary/aromatic N) is 4.